The lowest BCUT2D eigenvalue weighted by Crippen LogP contribution is -2.35. The second-order valence-corrected chi connectivity index (χ2v) is 10.00. The van der Waals surface area contributed by atoms with E-state index in [1.54, 1.807) is 12.3 Å². The van der Waals surface area contributed by atoms with Crippen molar-refractivity contribution in [1.29, 1.82) is 0 Å². The lowest BCUT2D eigenvalue weighted by molar-refractivity contribution is 0.0468. The molecular weight excluding hydrogens is 462 g/mol. The Morgan fingerprint density at radius 3 is 2.76 bits per heavy atom. The molecule has 0 amide bonds. The number of aryl methyl sites for hydroxylation is 1. The quantitative estimate of drug-likeness (QED) is 0.392. The number of benzene rings is 2. The summed E-state index contributed by atoms with van der Waals surface area (Å²) in [6, 6.07) is 17.1. The number of rotatable bonds is 5. The summed E-state index contributed by atoms with van der Waals surface area (Å²) in [5, 5.41) is 0.119. The molecule has 2 aromatic heterocycles. The molecule has 3 heterocycles. The first kappa shape index (κ1) is 21.5. The molecule has 0 aliphatic carbocycles. The molecule has 168 valence electrons. The zero-order chi connectivity index (χ0) is 23.0. The van der Waals surface area contributed by atoms with Crippen molar-refractivity contribution < 1.29 is 17.9 Å². The average Bonchev–Trinajstić information content (AvgIpc) is 3.25. The highest BCUT2D eigenvalue weighted by molar-refractivity contribution is 7.92. The fourth-order valence-corrected chi connectivity index (χ4v) is 5.73. The van der Waals surface area contributed by atoms with Crippen LogP contribution in [0.25, 0.3) is 5.65 Å². The van der Waals surface area contributed by atoms with Gasteiger partial charge in [-0.2, -0.15) is 0 Å². The average molecular weight is 482 g/mol. The monoisotopic (exact) mass is 481 g/mol. The minimum Gasteiger partial charge on any atom is -0.455 e. The second kappa shape index (κ2) is 8.53. The first-order chi connectivity index (χ1) is 15.9. The third kappa shape index (κ3) is 4.07. The van der Waals surface area contributed by atoms with E-state index in [4.69, 9.17) is 16.3 Å². The largest absolute Gasteiger partial charge is 0.455 e. The number of hydrogen-bond acceptors (Lipinski definition) is 5. The fraction of sp³-hybridized carbons (Fsp3) is 0.167. The molecule has 7 nitrogen and oxygen atoms in total. The fourth-order valence-electron chi connectivity index (χ4n) is 3.97. The zero-order valence-electron chi connectivity index (χ0n) is 17.5. The highest BCUT2D eigenvalue weighted by atomic mass is 35.5. The molecule has 0 fully saturated rings. The summed E-state index contributed by atoms with van der Waals surface area (Å²) in [7, 11) is -3.88. The van der Waals surface area contributed by atoms with Crippen molar-refractivity contribution in [2.45, 2.75) is 24.3 Å². The molecule has 9 heteroatoms. The number of sulfonamides is 1. The number of halogens is 1. The van der Waals surface area contributed by atoms with Crippen LogP contribution in [0, 0.1) is 0 Å². The molecule has 4 aromatic rings. The van der Waals surface area contributed by atoms with Crippen LogP contribution in [0.1, 0.15) is 28.0 Å². The molecule has 5 rings (SSSR count). The van der Waals surface area contributed by atoms with Gasteiger partial charge in [-0.05, 0) is 54.8 Å². The van der Waals surface area contributed by atoms with Gasteiger partial charge in [0.1, 0.15) is 12.3 Å². The first-order valence-electron chi connectivity index (χ1n) is 10.4. The number of imidazole rings is 1. The van der Waals surface area contributed by atoms with Crippen molar-refractivity contribution in [2.24, 2.45) is 0 Å². The minimum atomic E-state index is -3.88. The molecule has 33 heavy (non-hydrogen) atoms. The van der Waals surface area contributed by atoms with Crippen LogP contribution >= 0.6 is 11.6 Å². The van der Waals surface area contributed by atoms with Gasteiger partial charge >= 0.3 is 5.97 Å². The summed E-state index contributed by atoms with van der Waals surface area (Å²) in [5.41, 5.74) is 2.94. The number of ether oxygens (including phenoxy) is 1. The van der Waals surface area contributed by atoms with Crippen molar-refractivity contribution in [2.75, 3.05) is 10.8 Å². The molecule has 0 saturated carbocycles. The van der Waals surface area contributed by atoms with Crippen molar-refractivity contribution in [1.82, 2.24) is 9.38 Å². The maximum absolute atomic E-state index is 13.4. The molecule has 0 unspecified atom stereocenters. The lowest BCUT2D eigenvalue weighted by atomic mass is 10.0. The molecule has 0 N–H and O–H groups in total. The number of esters is 1. The van der Waals surface area contributed by atoms with Gasteiger partial charge in [-0.25, -0.2) is 18.2 Å². The molecule has 0 bridgehead atoms. The van der Waals surface area contributed by atoms with Crippen LogP contribution in [0.2, 0.25) is 5.02 Å². The van der Waals surface area contributed by atoms with Gasteiger partial charge in [-0.3, -0.25) is 4.31 Å². The van der Waals surface area contributed by atoms with Gasteiger partial charge in [0.2, 0.25) is 0 Å². The van der Waals surface area contributed by atoms with Crippen LogP contribution in [-0.4, -0.2) is 30.3 Å². The Balaban J connectivity index is 1.40. The van der Waals surface area contributed by atoms with Gasteiger partial charge in [0.15, 0.2) is 0 Å². The maximum Gasteiger partial charge on any atom is 0.340 e. The summed E-state index contributed by atoms with van der Waals surface area (Å²) in [5.74, 6) is -0.715. The SMILES string of the molecule is O=C(OCc1cn2ccccc2n1)c1cc(S(=O)(=O)N2CCCc3ccccc32)ccc1Cl. The summed E-state index contributed by atoms with van der Waals surface area (Å²) in [4.78, 5) is 17.1. The van der Waals surface area contributed by atoms with E-state index in [1.807, 2.05) is 47.0 Å². The van der Waals surface area contributed by atoms with Crippen LogP contribution in [0.5, 0.6) is 0 Å². The molecule has 1 aliphatic heterocycles. The Hall–Kier alpha value is -3.36. The summed E-state index contributed by atoms with van der Waals surface area (Å²) >= 11 is 6.23. The Bertz CT molecular complexity index is 1430. The third-order valence-electron chi connectivity index (χ3n) is 5.58. The number of fused-ring (bicyclic) bond motifs is 2. The predicted molar refractivity (Wildman–Crippen MR) is 125 cm³/mol. The standard InChI is InChI=1S/C24H20ClN3O4S/c25-21-11-10-19(33(30,31)28-13-5-7-17-6-1-2-8-22(17)28)14-20(21)24(29)32-16-18-15-27-12-4-3-9-23(27)26-18/h1-4,6,8-12,14-15H,5,7,13,16H2. The summed E-state index contributed by atoms with van der Waals surface area (Å²) in [6.07, 6.45) is 5.15. The van der Waals surface area contributed by atoms with Crippen LogP contribution in [0.4, 0.5) is 5.69 Å². The molecule has 0 radical (unpaired) electrons. The van der Waals surface area contributed by atoms with Gasteiger partial charge in [0.05, 0.1) is 26.9 Å². The Morgan fingerprint density at radius 2 is 1.91 bits per heavy atom. The minimum absolute atomic E-state index is 0.00759. The number of nitrogens with zero attached hydrogens (tertiary/aromatic N) is 3. The number of para-hydroxylation sites is 1. The zero-order valence-corrected chi connectivity index (χ0v) is 19.1. The number of aromatic nitrogens is 2. The summed E-state index contributed by atoms with van der Waals surface area (Å²) in [6.45, 7) is 0.308. The topological polar surface area (TPSA) is 81.0 Å². The van der Waals surface area contributed by atoms with Crippen LogP contribution in [0.3, 0.4) is 0 Å². The molecular formula is C24H20ClN3O4S. The van der Waals surface area contributed by atoms with E-state index in [-0.39, 0.29) is 22.1 Å². The number of anilines is 1. The normalized spacial score (nSPS) is 13.7. The third-order valence-corrected chi connectivity index (χ3v) is 7.72. The van der Waals surface area contributed by atoms with Gasteiger partial charge < -0.3 is 9.14 Å². The lowest BCUT2D eigenvalue weighted by Gasteiger charge is -2.30. The molecule has 1 aliphatic rings. The molecule has 0 saturated heterocycles. The molecule has 0 spiro atoms. The Labute approximate surface area is 196 Å². The van der Waals surface area contributed by atoms with Crippen LogP contribution in [-0.2, 0) is 27.8 Å². The van der Waals surface area contributed by atoms with E-state index in [0.717, 1.165) is 24.1 Å². The molecule has 0 atom stereocenters. The van der Waals surface area contributed by atoms with Gasteiger partial charge in [0.25, 0.3) is 10.0 Å². The van der Waals surface area contributed by atoms with Gasteiger partial charge in [-0.1, -0.05) is 35.9 Å². The van der Waals surface area contributed by atoms with Gasteiger partial charge in [0, 0.05) is 18.9 Å². The Kier molecular flexibility index (Phi) is 5.55. The number of carbonyl (C=O) groups is 1. The van der Waals surface area contributed by atoms with E-state index >= 15 is 0 Å². The number of carbonyl (C=O) groups excluding carboxylic acids is 1. The second-order valence-electron chi connectivity index (χ2n) is 7.73. The van der Waals surface area contributed by atoms with Crippen molar-refractivity contribution in [3.63, 3.8) is 0 Å². The predicted octanol–water partition coefficient (Wildman–Crippen LogP) is 4.49. The van der Waals surface area contributed by atoms with E-state index in [1.165, 1.54) is 22.5 Å². The van der Waals surface area contributed by atoms with E-state index in [2.05, 4.69) is 4.98 Å². The van der Waals surface area contributed by atoms with Crippen LogP contribution in [0.15, 0.2) is 78.0 Å². The maximum atomic E-state index is 13.4. The first-order valence-corrected chi connectivity index (χ1v) is 12.3. The van der Waals surface area contributed by atoms with Crippen molar-refractivity contribution >= 4 is 38.9 Å². The summed E-state index contributed by atoms with van der Waals surface area (Å²) < 4.78 is 35.5. The highest BCUT2D eigenvalue weighted by Crippen LogP contribution is 2.33. The highest BCUT2D eigenvalue weighted by Gasteiger charge is 2.30. The van der Waals surface area contributed by atoms with Crippen molar-refractivity contribution in [3.05, 3.63) is 94.9 Å². The smallest absolute Gasteiger partial charge is 0.340 e. The number of pyridine rings is 1. The van der Waals surface area contributed by atoms with E-state index in [0.29, 0.717) is 17.9 Å². The van der Waals surface area contributed by atoms with E-state index in [9.17, 15) is 13.2 Å². The number of hydrogen-bond donors (Lipinski definition) is 0. The van der Waals surface area contributed by atoms with E-state index < -0.39 is 16.0 Å². The molecule has 2 aromatic carbocycles. The van der Waals surface area contributed by atoms with Crippen molar-refractivity contribution in [3.8, 4) is 0 Å². The van der Waals surface area contributed by atoms with Crippen LogP contribution < -0.4 is 4.31 Å². The van der Waals surface area contributed by atoms with Gasteiger partial charge in [-0.15, -0.1) is 0 Å². The Morgan fingerprint density at radius 1 is 1.09 bits per heavy atom.